The molecule has 0 radical (unpaired) electrons. The quantitative estimate of drug-likeness (QED) is 0.776. The number of ether oxygens (including phenoxy) is 1. The van der Waals surface area contributed by atoms with Crippen LogP contribution in [0, 0.1) is 5.92 Å². The summed E-state index contributed by atoms with van der Waals surface area (Å²) in [6.07, 6.45) is 3.81. The maximum Gasteiger partial charge on any atom is 0.409 e. The number of carbonyl (C=O) groups excluding carboxylic acids is 1. The lowest BCUT2D eigenvalue weighted by Gasteiger charge is -2.35. The van der Waals surface area contributed by atoms with Crippen LogP contribution in [0.25, 0.3) is 0 Å². The topological polar surface area (TPSA) is 36.0 Å². The Labute approximate surface area is 129 Å². The second-order valence-corrected chi connectivity index (χ2v) is 6.86. The molecule has 0 aromatic carbocycles. The second kappa shape index (κ2) is 7.99. The van der Waals surface area contributed by atoms with Crippen LogP contribution in [-0.2, 0) is 4.74 Å². The van der Waals surface area contributed by atoms with Crippen LogP contribution in [0.3, 0.4) is 0 Å². The van der Waals surface area contributed by atoms with Crippen molar-refractivity contribution in [2.75, 3.05) is 52.9 Å². The number of piperazine rings is 1. The van der Waals surface area contributed by atoms with Gasteiger partial charge in [-0.3, -0.25) is 4.90 Å². The lowest BCUT2D eigenvalue weighted by molar-refractivity contribution is 0.0674. The van der Waals surface area contributed by atoms with Gasteiger partial charge in [-0.05, 0) is 45.3 Å². The van der Waals surface area contributed by atoms with Gasteiger partial charge in [0.15, 0.2) is 0 Å². The summed E-state index contributed by atoms with van der Waals surface area (Å²) < 4.78 is 5.30. The Morgan fingerprint density at radius 3 is 2.48 bits per heavy atom. The molecule has 2 saturated heterocycles. The molecule has 0 N–H and O–H groups in total. The second-order valence-electron chi connectivity index (χ2n) is 6.86. The number of nitrogens with zero attached hydrogens (tertiary/aromatic N) is 3. The SMILES string of the molecule is CC(C)COC(=O)N1CCN(CC[C@H]2CCCN2C)CC1. The molecule has 0 aromatic heterocycles. The highest BCUT2D eigenvalue weighted by atomic mass is 16.6. The molecule has 2 heterocycles. The molecule has 122 valence electrons. The third kappa shape index (κ3) is 5.15. The molecule has 1 amide bonds. The monoisotopic (exact) mass is 297 g/mol. The molecule has 0 aliphatic carbocycles. The molecule has 1 atom stereocenters. The summed E-state index contributed by atoms with van der Waals surface area (Å²) in [5.41, 5.74) is 0. The van der Waals surface area contributed by atoms with E-state index in [1.807, 2.05) is 4.90 Å². The van der Waals surface area contributed by atoms with E-state index in [0.717, 1.165) is 38.8 Å². The predicted molar refractivity (Wildman–Crippen MR) is 84.5 cm³/mol. The van der Waals surface area contributed by atoms with Crippen LogP contribution < -0.4 is 0 Å². The number of likely N-dealkylation sites (tertiary alicyclic amines) is 1. The molecular weight excluding hydrogens is 266 g/mol. The van der Waals surface area contributed by atoms with Crippen LogP contribution in [0.5, 0.6) is 0 Å². The van der Waals surface area contributed by atoms with Crippen molar-refractivity contribution in [2.24, 2.45) is 5.92 Å². The standard InChI is InChI=1S/C16H31N3O2/c1-14(2)13-21-16(20)19-11-9-18(10-12-19)8-6-15-5-4-7-17(15)3/h14-15H,4-13H2,1-3H3/t15-/m1/s1. The summed E-state index contributed by atoms with van der Waals surface area (Å²) in [6, 6.07) is 0.763. The maximum atomic E-state index is 11.9. The average molecular weight is 297 g/mol. The van der Waals surface area contributed by atoms with Gasteiger partial charge in [-0.25, -0.2) is 4.79 Å². The molecule has 2 fully saturated rings. The van der Waals surface area contributed by atoms with E-state index in [9.17, 15) is 4.79 Å². The smallest absolute Gasteiger partial charge is 0.409 e. The van der Waals surface area contributed by atoms with Gasteiger partial charge in [0, 0.05) is 32.2 Å². The fourth-order valence-corrected chi connectivity index (χ4v) is 3.16. The molecule has 21 heavy (non-hydrogen) atoms. The molecule has 0 bridgehead atoms. The summed E-state index contributed by atoms with van der Waals surface area (Å²) in [5.74, 6) is 0.402. The summed E-state index contributed by atoms with van der Waals surface area (Å²) >= 11 is 0. The normalized spacial score (nSPS) is 24.8. The van der Waals surface area contributed by atoms with Gasteiger partial charge >= 0.3 is 6.09 Å². The largest absolute Gasteiger partial charge is 0.449 e. The van der Waals surface area contributed by atoms with Crippen molar-refractivity contribution in [1.82, 2.24) is 14.7 Å². The number of carbonyl (C=O) groups is 1. The van der Waals surface area contributed by atoms with Crippen molar-refractivity contribution < 1.29 is 9.53 Å². The molecule has 2 rings (SSSR count). The van der Waals surface area contributed by atoms with E-state index in [4.69, 9.17) is 4.74 Å². The van der Waals surface area contributed by atoms with Gasteiger partial charge in [0.05, 0.1) is 6.61 Å². The molecule has 0 spiro atoms. The Morgan fingerprint density at radius 1 is 1.19 bits per heavy atom. The first-order chi connectivity index (χ1) is 10.1. The van der Waals surface area contributed by atoms with Crippen molar-refractivity contribution in [1.29, 1.82) is 0 Å². The van der Waals surface area contributed by atoms with E-state index in [2.05, 4.69) is 30.7 Å². The van der Waals surface area contributed by atoms with Crippen LogP contribution in [0.4, 0.5) is 4.79 Å². The van der Waals surface area contributed by atoms with Gasteiger partial charge in [-0.15, -0.1) is 0 Å². The Balaban J connectivity index is 1.62. The highest BCUT2D eigenvalue weighted by Gasteiger charge is 2.25. The van der Waals surface area contributed by atoms with Crippen molar-refractivity contribution in [3.8, 4) is 0 Å². The first-order valence-corrected chi connectivity index (χ1v) is 8.40. The number of hydrogen-bond donors (Lipinski definition) is 0. The van der Waals surface area contributed by atoms with Gasteiger partial charge < -0.3 is 14.5 Å². The average Bonchev–Trinajstić information content (AvgIpc) is 2.88. The van der Waals surface area contributed by atoms with E-state index in [1.54, 1.807) is 0 Å². The van der Waals surface area contributed by atoms with Crippen molar-refractivity contribution >= 4 is 6.09 Å². The molecule has 0 saturated carbocycles. The van der Waals surface area contributed by atoms with Gasteiger partial charge in [0.1, 0.15) is 0 Å². The number of amides is 1. The predicted octanol–water partition coefficient (Wildman–Crippen LogP) is 1.88. The summed E-state index contributed by atoms with van der Waals surface area (Å²) in [5, 5.41) is 0. The highest BCUT2D eigenvalue weighted by molar-refractivity contribution is 5.67. The van der Waals surface area contributed by atoms with Crippen molar-refractivity contribution in [3.05, 3.63) is 0 Å². The first-order valence-electron chi connectivity index (χ1n) is 8.40. The van der Waals surface area contributed by atoms with Gasteiger partial charge in [0.25, 0.3) is 0 Å². The maximum absolute atomic E-state index is 11.9. The minimum Gasteiger partial charge on any atom is -0.449 e. The number of hydrogen-bond acceptors (Lipinski definition) is 4. The molecule has 5 heteroatoms. The summed E-state index contributed by atoms with van der Waals surface area (Å²) in [4.78, 5) is 18.7. The van der Waals surface area contributed by atoms with Crippen molar-refractivity contribution in [3.63, 3.8) is 0 Å². The zero-order valence-corrected chi connectivity index (χ0v) is 13.9. The molecule has 5 nitrogen and oxygen atoms in total. The Hall–Kier alpha value is -0.810. The minimum absolute atomic E-state index is 0.140. The third-order valence-corrected chi connectivity index (χ3v) is 4.62. The van der Waals surface area contributed by atoms with Crippen LogP contribution in [0.15, 0.2) is 0 Å². The lowest BCUT2D eigenvalue weighted by atomic mass is 10.1. The van der Waals surface area contributed by atoms with Crippen LogP contribution in [0.2, 0.25) is 0 Å². The number of rotatable bonds is 5. The minimum atomic E-state index is -0.140. The van der Waals surface area contributed by atoms with E-state index < -0.39 is 0 Å². The third-order valence-electron chi connectivity index (χ3n) is 4.62. The highest BCUT2D eigenvalue weighted by Crippen LogP contribution is 2.18. The first kappa shape index (κ1) is 16.6. The zero-order valence-electron chi connectivity index (χ0n) is 13.9. The zero-order chi connectivity index (χ0) is 15.2. The van der Waals surface area contributed by atoms with Crippen LogP contribution >= 0.6 is 0 Å². The van der Waals surface area contributed by atoms with Crippen LogP contribution in [0.1, 0.15) is 33.1 Å². The Bertz CT molecular complexity index is 327. The Morgan fingerprint density at radius 2 is 1.90 bits per heavy atom. The molecule has 2 aliphatic heterocycles. The fraction of sp³-hybridized carbons (Fsp3) is 0.938. The summed E-state index contributed by atoms with van der Waals surface area (Å²) in [6.45, 7) is 10.6. The lowest BCUT2D eigenvalue weighted by Crippen LogP contribution is -2.49. The van der Waals surface area contributed by atoms with Gasteiger partial charge in [-0.2, -0.15) is 0 Å². The van der Waals surface area contributed by atoms with Crippen LogP contribution in [-0.4, -0.2) is 79.8 Å². The molecule has 2 aliphatic rings. The molecule has 0 aromatic rings. The van der Waals surface area contributed by atoms with Gasteiger partial charge in [0.2, 0.25) is 0 Å². The van der Waals surface area contributed by atoms with E-state index in [0.29, 0.717) is 12.5 Å². The van der Waals surface area contributed by atoms with E-state index in [1.165, 1.54) is 25.8 Å². The summed E-state index contributed by atoms with van der Waals surface area (Å²) in [7, 11) is 2.24. The molecule has 0 unspecified atom stereocenters. The van der Waals surface area contributed by atoms with E-state index >= 15 is 0 Å². The fourth-order valence-electron chi connectivity index (χ4n) is 3.16. The Kier molecular flexibility index (Phi) is 6.30. The van der Waals surface area contributed by atoms with Crippen molar-refractivity contribution in [2.45, 2.75) is 39.2 Å². The van der Waals surface area contributed by atoms with Gasteiger partial charge in [-0.1, -0.05) is 13.8 Å². The molecular formula is C16H31N3O2. The van der Waals surface area contributed by atoms with E-state index in [-0.39, 0.29) is 6.09 Å².